The van der Waals surface area contributed by atoms with E-state index in [-0.39, 0.29) is 5.41 Å². The smallest absolute Gasteiger partial charge is 0.126 e. The highest BCUT2D eigenvalue weighted by Gasteiger charge is 2.15. The fourth-order valence-corrected chi connectivity index (χ4v) is 4.20. The van der Waals surface area contributed by atoms with Crippen LogP contribution in [0.15, 0.2) is 60.8 Å². The molecule has 0 unspecified atom stereocenters. The van der Waals surface area contributed by atoms with Crippen molar-refractivity contribution in [3.05, 3.63) is 78.0 Å². The summed E-state index contributed by atoms with van der Waals surface area (Å²) in [7, 11) is 0. The third-order valence-corrected chi connectivity index (χ3v) is 5.77. The number of pyridine rings is 1. The maximum atomic E-state index is 13.6. The van der Waals surface area contributed by atoms with Gasteiger partial charge in [-0.15, -0.1) is 11.3 Å². The van der Waals surface area contributed by atoms with Gasteiger partial charge in [0.15, 0.2) is 0 Å². The minimum Gasteiger partial charge on any atom is -0.256 e. The van der Waals surface area contributed by atoms with Crippen molar-refractivity contribution in [1.29, 1.82) is 0 Å². The molecule has 2 aromatic carbocycles. The van der Waals surface area contributed by atoms with E-state index < -0.39 is 11.6 Å². The highest BCUT2D eigenvalue weighted by molar-refractivity contribution is 7.22. The van der Waals surface area contributed by atoms with E-state index >= 15 is 0 Å². The van der Waals surface area contributed by atoms with Gasteiger partial charge in [0.1, 0.15) is 11.6 Å². The number of nitrogens with zero attached hydrogens (tertiary/aromatic N) is 1. The van der Waals surface area contributed by atoms with Crippen molar-refractivity contribution in [2.24, 2.45) is 0 Å². The molecule has 0 bridgehead atoms. The van der Waals surface area contributed by atoms with E-state index in [1.54, 1.807) is 6.20 Å². The molecule has 0 N–H and O–H groups in total. The minimum absolute atomic E-state index is 0.0922. The standard InChI is InChI=1S/C23H19F2NS/c1-23(2,3)16-6-4-14(5-7-16)22-19-13-21(27-20(19)8-9-26-22)15-10-17(24)12-18(25)11-15/h4-13H,1-3H3. The number of thiophene rings is 1. The first-order valence-electron chi connectivity index (χ1n) is 8.77. The third kappa shape index (κ3) is 3.50. The van der Waals surface area contributed by atoms with Gasteiger partial charge in [-0.3, -0.25) is 4.98 Å². The van der Waals surface area contributed by atoms with Gasteiger partial charge in [-0.05, 0) is 40.8 Å². The molecule has 0 spiro atoms. The lowest BCUT2D eigenvalue weighted by molar-refractivity contribution is 0.584. The molecule has 0 amide bonds. The van der Waals surface area contributed by atoms with Crippen LogP contribution in [0.3, 0.4) is 0 Å². The van der Waals surface area contributed by atoms with Crippen LogP contribution in [0.5, 0.6) is 0 Å². The normalized spacial score (nSPS) is 11.9. The Labute approximate surface area is 161 Å². The van der Waals surface area contributed by atoms with Crippen molar-refractivity contribution in [2.45, 2.75) is 26.2 Å². The summed E-state index contributed by atoms with van der Waals surface area (Å²) >= 11 is 1.51. The maximum absolute atomic E-state index is 13.6. The molecule has 0 atom stereocenters. The maximum Gasteiger partial charge on any atom is 0.126 e. The fraction of sp³-hybridized carbons (Fsp3) is 0.174. The Balaban J connectivity index is 1.82. The predicted molar refractivity (Wildman–Crippen MR) is 109 cm³/mol. The Morgan fingerprint density at radius 3 is 2.11 bits per heavy atom. The SMILES string of the molecule is CC(C)(C)c1ccc(-c2nccc3sc(-c4cc(F)cc(F)c4)cc23)cc1. The zero-order valence-corrected chi connectivity index (χ0v) is 16.2. The molecule has 4 rings (SSSR count). The lowest BCUT2D eigenvalue weighted by Gasteiger charge is -2.19. The van der Waals surface area contributed by atoms with Crippen LogP contribution >= 0.6 is 11.3 Å². The molecule has 4 heteroatoms. The summed E-state index contributed by atoms with van der Waals surface area (Å²) in [5.74, 6) is -1.14. The van der Waals surface area contributed by atoms with Crippen LogP contribution in [0.4, 0.5) is 8.78 Å². The van der Waals surface area contributed by atoms with Crippen LogP contribution < -0.4 is 0 Å². The van der Waals surface area contributed by atoms with Crippen molar-refractivity contribution in [3.63, 3.8) is 0 Å². The van der Waals surface area contributed by atoms with E-state index in [4.69, 9.17) is 0 Å². The molecule has 27 heavy (non-hydrogen) atoms. The van der Waals surface area contributed by atoms with Crippen LogP contribution in [0, 0.1) is 11.6 Å². The van der Waals surface area contributed by atoms with Crippen LogP contribution in [-0.4, -0.2) is 4.98 Å². The summed E-state index contributed by atoms with van der Waals surface area (Å²) in [5, 5.41) is 0.991. The lowest BCUT2D eigenvalue weighted by Crippen LogP contribution is -2.10. The summed E-state index contributed by atoms with van der Waals surface area (Å²) in [5.41, 5.74) is 3.81. The Kier molecular flexibility index (Phi) is 4.31. The van der Waals surface area contributed by atoms with Crippen molar-refractivity contribution >= 4 is 21.4 Å². The monoisotopic (exact) mass is 379 g/mol. The number of hydrogen-bond donors (Lipinski definition) is 0. The molecule has 0 aliphatic rings. The minimum atomic E-state index is -0.571. The zero-order valence-electron chi connectivity index (χ0n) is 15.4. The summed E-state index contributed by atoms with van der Waals surface area (Å²) in [6, 6.07) is 15.9. The van der Waals surface area contributed by atoms with Gasteiger partial charge in [0.25, 0.3) is 0 Å². The summed E-state index contributed by atoms with van der Waals surface area (Å²) in [6.45, 7) is 6.55. The van der Waals surface area contributed by atoms with Gasteiger partial charge in [-0.25, -0.2) is 8.78 Å². The van der Waals surface area contributed by atoms with Crippen LogP contribution in [0.25, 0.3) is 31.8 Å². The second kappa shape index (κ2) is 6.54. The molecular weight excluding hydrogens is 360 g/mol. The Morgan fingerprint density at radius 2 is 1.48 bits per heavy atom. The second-order valence-electron chi connectivity index (χ2n) is 7.67. The van der Waals surface area contributed by atoms with Crippen molar-refractivity contribution < 1.29 is 8.78 Å². The predicted octanol–water partition coefficient (Wildman–Crippen LogP) is 7.21. The number of aromatic nitrogens is 1. The topological polar surface area (TPSA) is 12.9 Å². The summed E-state index contributed by atoms with van der Waals surface area (Å²) < 4.78 is 28.2. The summed E-state index contributed by atoms with van der Waals surface area (Å²) in [4.78, 5) is 5.39. The molecule has 0 aliphatic carbocycles. The first kappa shape index (κ1) is 17.8. The largest absolute Gasteiger partial charge is 0.256 e. The van der Waals surface area contributed by atoms with Gasteiger partial charge in [0.05, 0.1) is 5.69 Å². The van der Waals surface area contributed by atoms with Crippen LogP contribution in [-0.2, 0) is 5.41 Å². The molecule has 0 aliphatic heterocycles. The Hall–Kier alpha value is -2.59. The Bertz CT molecular complexity index is 1100. The van der Waals surface area contributed by atoms with E-state index in [1.165, 1.54) is 29.0 Å². The van der Waals surface area contributed by atoms with Gasteiger partial charge in [-0.1, -0.05) is 45.0 Å². The van der Waals surface area contributed by atoms with Gasteiger partial charge in [-0.2, -0.15) is 0 Å². The molecule has 0 saturated heterocycles. The number of benzene rings is 2. The van der Waals surface area contributed by atoms with Gasteiger partial charge in [0.2, 0.25) is 0 Å². The highest BCUT2D eigenvalue weighted by Crippen LogP contribution is 2.38. The van der Waals surface area contributed by atoms with E-state index in [9.17, 15) is 8.78 Å². The molecule has 0 fully saturated rings. The van der Waals surface area contributed by atoms with Crippen molar-refractivity contribution in [1.82, 2.24) is 4.98 Å². The van der Waals surface area contributed by atoms with E-state index in [0.717, 1.165) is 32.3 Å². The first-order chi connectivity index (χ1) is 12.8. The average molecular weight is 379 g/mol. The molecule has 2 heterocycles. The zero-order chi connectivity index (χ0) is 19.2. The highest BCUT2D eigenvalue weighted by atomic mass is 32.1. The van der Waals surface area contributed by atoms with Gasteiger partial charge >= 0.3 is 0 Å². The molecule has 4 aromatic rings. The van der Waals surface area contributed by atoms with Crippen molar-refractivity contribution in [2.75, 3.05) is 0 Å². The molecule has 0 saturated carbocycles. The molecule has 0 radical (unpaired) electrons. The van der Waals surface area contributed by atoms with E-state index in [2.05, 4.69) is 50.0 Å². The quantitative estimate of drug-likeness (QED) is 0.359. The third-order valence-electron chi connectivity index (χ3n) is 4.62. The Morgan fingerprint density at radius 1 is 0.815 bits per heavy atom. The fourth-order valence-electron chi connectivity index (χ4n) is 3.16. The number of halogens is 2. The molecule has 136 valence electrons. The van der Waals surface area contributed by atoms with E-state index in [1.807, 2.05) is 12.1 Å². The van der Waals surface area contributed by atoms with Crippen molar-refractivity contribution in [3.8, 4) is 21.7 Å². The first-order valence-corrected chi connectivity index (χ1v) is 9.59. The number of rotatable bonds is 2. The number of hydrogen-bond acceptors (Lipinski definition) is 2. The van der Waals surface area contributed by atoms with Crippen LogP contribution in [0.1, 0.15) is 26.3 Å². The molecular formula is C23H19F2NS. The van der Waals surface area contributed by atoms with Gasteiger partial charge < -0.3 is 0 Å². The average Bonchev–Trinajstić information content (AvgIpc) is 3.04. The number of fused-ring (bicyclic) bond motifs is 1. The van der Waals surface area contributed by atoms with Gasteiger partial charge in [0, 0.05) is 32.8 Å². The summed E-state index contributed by atoms with van der Waals surface area (Å²) in [6.07, 6.45) is 1.78. The van der Waals surface area contributed by atoms with Crippen LogP contribution in [0.2, 0.25) is 0 Å². The lowest BCUT2D eigenvalue weighted by atomic mass is 9.86. The second-order valence-corrected chi connectivity index (χ2v) is 8.75. The molecule has 1 nitrogen and oxygen atoms in total. The molecule has 2 aromatic heterocycles. The van der Waals surface area contributed by atoms with E-state index in [0.29, 0.717) is 5.56 Å².